The molecule has 28 heavy (non-hydrogen) atoms. The molecule has 0 bridgehead atoms. The van der Waals surface area contributed by atoms with Gasteiger partial charge >= 0.3 is 0 Å². The minimum Gasteiger partial charge on any atom is -0.493 e. The number of nitrogens with one attached hydrogen (secondary N) is 1. The molecule has 0 aliphatic carbocycles. The molecule has 1 fully saturated rings. The van der Waals surface area contributed by atoms with Crippen LogP contribution < -0.4 is 25.3 Å². The third-order valence-electron chi connectivity index (χ3n) is 4.98. The molecule has 8 heteroatoms. The van der Waals surface area contributed by atoms with E-state index in [0.29, 0.717) is 23.6 Å². The lowest BCUT2D eigenvalue weighted by atomic mass is 9.98. The summed E-state index contributed by atoms with van der Waals surface area (Å²) in [5.41, 5.74) is 5.38. The molecule has 1 aromatic carbocycles. The summed E-state index contributed by atoms with van der Waals surface area (Å²) in [6.45, 7) is 6.59. The second-order valence-corrected chi connectivity index (χ2v) is 7.51. The van der Waals surface area contributed by atoms with Crippen molar-refractivity contribution in [3.05, 3.63) is 17.7 Å². The third kappa shape index (κ3) is 5.51. The van der Waals surface area contributed by atoms with E-state index < -0.39 is 5.91 Å². The average molecular weight is 393 g/mol. The van der Waals surface area contributed by atoms with Crippen molar-refractivity contribution in [1.82, 2.24) is 10.2 Å². The fourth-order valence-corrected chi connectivity index (χ4v) is 3.31. The Morgan fingerprint density at radius 1 is 1.11 bits per heavy atom. The van der Waals surface area contributed by atoms with Crippen molar-refractivity contribution in [3.8, 4) is 17.2 Å². The van der Waals surface area contributed by atoms with E-state index in [1.807, 2.05) is 0 Å². The first-order valence-corrected chi connectivity index (χ1v) is 9.49. The van der Waals surface area contributed by atoms with Crippen LogP contribution in [0.4, 0.5) is 0 Å². The number of hydrogen-bond acceptors (Lipinski definition) is 6. The van der Waals surface area contributed by atoms with Crippen LogP contribution in [0.25, 0.3) is 0 Å². The van der Waals surface area contributed by atoms with Gasteiger partial charge in [0.2, 0.25) is 5.75 Å². The molecular formula is C20H31N3O5. The van der Waals surface area contributed by atoms with Crippen LogP contribution in [0, 0.1) is 0 Å². The molecule has 0 spiro atoms. The topological polar surface area (TPSA) is 103 Å². The van der Waals surface area contributed by atoms with Crippen LogP contribution in [0.1, 0.15) is 43.5 Å². The molecule has 1 aromatic rings. The van der Waals surface area contributed by atoms with Gasteiger partial charge in [0.05, 0.1) is 14.2 Å². The molecule has 0 radical (unpaired) electrons. The monoisotopic (exact) mass is 393 g/mol. The molecule has 0 saturated carbocycles. The van der Waals surface area contributed by atoms with E-state index in [2.05, 4.69) is 24.1 Å². The number of rotatable bonds is 9. The van der Waals surface area contributed by atoms with Crippen molar-refractivity contribution in [3.63, 3.8) is 0 Å². The summed E-state index contributed by atoms with van der Waals surface area (Å²) in [6, 6.07) is 3.12. The smallest absolute Gasteiger partial charge is 0.255 e. The number of amides is 2. The van der Waals surface area contributed by atoms with E-state index in [0.717, 1.165) is 13.1 Å². The van der Waals surface area contributed by atoms with Crippen molar-refractivity contribution in [1.29, 1.82) is 0 Å². The Hall–Kier alpha value is -2.48. The first-order chi connectivity index (χ1) is 13.3. The van der Waals surface area contributed by atoms with Crippen molar-refractivity contribution in [2.75, 3.05) is 40.5 Å². The third-order valence-corrected chi connectivity index (χ3v) is 4.98. The van der Waals surface area contributed by atoms with Gasteiger partial charge in [-0.3, -0.25) is 14.5 Å². The van der Waals surface area contributed by atoms with Crippen LogP contribution in [0.2, 0.25) is 0 Å². The maximum Gasteiger partial charge on any atom is 0.255 e. The summed E-state index contributed by atoms with van der Waals surface area (Å²) in [4.78, 5) is 26.2. The number of ether oxygens (including phenoxy) is 3. The van der Waals surface area contributed by atoms with Crippen LogP contribution in [0.3, 0.4) is 0 Å². The number of likely N-dealkylation sites (tertiary alicyclic amines) is 1. The quantitative estimate of drug-likeness (QED) is 0.660. The number of piperidine rings is 1. The van der Waals surface area contributed by atoms with Gasteiger partial charge < -0.3 is 25.3 Å². The molecule has 3 N–H and O–H groups in total. The minimum absolute atomic E-state index is 0.130. The summed E-state index contributed by atoms with van der Waals surface area (Å²) in [5, 5.41) is 3.00. The summed E-state index contributed by atoms with van der Waals surface area (Å²) in [6.07, 6.45) is 3.65. The van der Waals surface area contributed by atoms with E-state index in [1.165, 1.54) is 33.5 Å². The molecule has 0 unspecified atom stereocenters. The Morgan fingerprint density at radius 2 is 1.68 bits per heavy atom. The number of primary amides is 1. The van der Waals surface area contributed by atoms with Crippen molar-refractivity contribution < 1.29 is 23.8 Å². The van der Waals surface area contributed by atoms with Gasteiger partial charge in [-0.2, -0.15) is 0 Å². The minimum atomic E-state index is -0.620. The Morgan fingerprint density at radius 3 is 2.18 bits per heavy atom. The zero-order valence-corrected chi connectivity index (χ0v) is 17.2. The number of benzene rings is 1. The highest BCUT2D eigenvalue weighted by atomic mass is 16.5. The number of nitrogens with two attached hydrogens (primary N) is 1. The molecular weight excluding hydrogens is 362 g/mol. The van der Waals surface area contributed by atoms with E-state index in [9.17, 15) is 9.59 Å². The first-order valence-electron chi connectivity index (χ1n) is 9.49. The van der Waals surface area contributed by atoms with Gasteiger partial charge in [-0.1, -0.05) is 6.42 Å². The number of methoxy groups -OCH3 is 2. The van der Waals surface area contributed by atoms with Crippen LogP contribution in [-0.4, -0.2) is 62.7 Å². The molecule has 1 saturated heterocycles. The van der Waals surface area contributed by atoms with Gasteiger partial charge in [0.15, 0.2) is 18.1 Å². The molecule has 156 valence electrons. The van der Waals surface area contributed by atoms with Crippen LogP contribution in [0.5, 0.6) is 17.2 Å². The lowest BCUT2D eigenvalue weighted by Crippen LogP contribution is -2.53. The fourth-order valence-electron chi connectivity index (χ4n) is 3.31. The van der Waals surface area contributed by atoms with Crippen LogP contribution >= 0.6 is 0 Å². The van der Waals surface area contributed by atoms with Gasteiger partial charge in [-0.15, -0.1) is 0 Å². The first kappa shape index (κ1) is 21.8. The molecule has 1 aliphatic rings. The maximum atomic E-state index is 12.7. The molecule has 1 heterocycles. The van der Waals surface area contributed by atoms with E-state index in [-0.39, 0.29) is 23.8 Å². The lowest BCUT2D eigenvalue weighted by molar-refractivity contribution is -0.120. The number of carbonyl (C=O) groups excluding carboxylic acids is 2. The lowest BCUT2D eigenvalue weighted by Gasteiger charge is -2.41. The summed E-state index contributed by atoms with van der Waals surface area (Å²) < 4.78 is 16.0. The Bertz CT molecular complexity index is 674. The Labute approximate surface area is 166 Å². The fraction of sp³-hybridized carbons (Fsp3) is 0.600. The number of carbonyl (C=O) groups is 2. The van der Waals surface area contributed by atoms with E-state index in [1.54, 1.807) is 12.1 Å². The molecule has 8 nitrogen and oxygen atoms in total. The molecule has 2 amide bonds. The molecule has 2 rings (SSSR count). The highest BCUT2D eigenvalue weighted by Crippen LogP contribution is 2.38. The normalized spacial score (nSPS) is 15.0. The highest BCUT2D eigenvalue weighted by molar-refractivity contribution is 5.95. The number of nitrogens with zero attached hydrogens (tertiary/aromatic N) is 1. The van der Waals surface area contributed by atoms with Gasteiger partial charge in [-0.05, 0) is 51.9 Å². The molecule has 1 aliphatic heterocycles. The average Bonchev–Trinajstić information content (AvgIpc) is 2.70. The summed E-state index contributed by atoms with van der Waals surface area (Å²) in [5.74, 6) is -0.0370. The zero-order chi connectivity index (χ0) is 20.7. The van der Waals surface area contributed by atoms with Crippen molar-refractivity contribution in [2.45, 2.75) is 38.6 Å². The van der Waals surface area contributed by atoms with Crippen LogP contribution in [-0.2, 0) is 4.79 Å². The summed E-state index contributed by atoms with van der Waals surface area (Å²) >= 11 is 0. The largest absolute Gasteiger partial charge is 0.493 e. The highest BCUT2D eigenvalue weighted by Gasteiger charge is 2.28. The molecule has 0 aromatic heterocycles. The maximum absolute atomic E-state index is 12.7. The Balaban J connectivity index is 2.12. The van der Waals surface area contributed by atoms with Crippen LogP contribution in [0.15, 0.2) is 12.1 Å². The standard InChI is InChI=1S/C20H31N3O5/c1-20(2,23-8-6-5-7-9-23)13-22-19(25)14-10-15(26-3)18(16(11-14)27-4)28-12-17(21)24/h10-11H,5-9,12-13H2,1-4H3,(H2,21,24)(H,22,25). The van der Waals surface area contributed by atoms with Gasteiger partial charge in [0, 0.05) is 17.6 Å². The van der Waals surface area contributed by atoms with E-state index in [4.69, 9.17) is 19.9 Å². The second kappa shape index (κ2) is 9.64. The predicted octanol–water partition coefficient (Wildman–Crippen LogP) is 1.56. The van der Waals surface area contributed by atoms with Crippen molar-refractivity contribution >= 4 is 11.8 Å². The zero-order valence-electron chi connectivity index (χ0n) is 17.2. The van der Waals surface area contributed by atoms with Gasteiger partial charge in [-0.25, -0.2) is 0 Å². The van der Waals surface area contributed by atoms with Gasteiger partial charge in [0.25, 0.3) is 11.8 Å². The van der Waals surface area contributed by atoms with E-state index >= 15 is 0 Å². The Kier molecular flexibility index (Phi) is 7.51. The predicted molar refractivity (Wildman–Crippen MR) is 106 cm³/mol. The van der Waals surface area contributed by atoms with Crippen molar-refractivity contribution in [2.24, 2.45) is 5.73 Å². The second-order valence-electron chi connectivity index (χ2n) is 7.51. The summed E-state index contributed by atoms with van der Waals surface area (Å²) in [7, 11) is 2.90. The SMILES string of the molecule is COc1cc(C(=O)NCC(C)(C)N2CCCCC2)cc(OC)c1OCC(N)=O. The van der Waals surface area contributed by atoms with Gasteiger partial charge in [0.1, 0.15) is 0 Å². The number of hydrogen-bond donors (Lipinski definition) is 2. The molecule has 0 atom stereocenters.